The van der Waals surface area contributed by atoms with Crippen molar-refractivity contribution >= 4 is 0 Å². The molecule has 0 aromatic heterocycles. The first-order valence-electron chi connectivity index (χ1n) is 7.38. The minimum Gasteiger partial charge on any atom is -0.313 e. The van der Waals surface area contributed by atoms with E-state index in [0.29, 0.717) is 0 Å². The van der Waals surface area contributed by atoms with Crippen molar-refractivity contribution in [1.29, 1.82) is 0 Å². The summed E-state index contributed by atoms with van der Waals surface area (Å²) in [6.07, 6.45) is 5.46. The number of nitrogens with one attached hydrogen (secondary N) is 1. The zero-order valence-electron chi connectivity index (χ0n) is 11.8. The Morgan fingerprint density at radius 1 is 1.24 bits per heavy atom. The van der Waals surface area contributed by atoms with Crippen LogP contribution in [0.25, 0.3) is 0 Å². The smallest absolute Gasteiger partial charge is 0.0195 e. The van der Waals surface area contributed by atoms with E-state index in [2.05, 4.69) is 36.0 Å². The number of rotatable bonds is 3. The number of hydrogen-bond donors (Lipinski definition) is 1. The van der Waals surface area contributed by atoms with Crippen LogP contribution < -0.4 is 5.32 Å². The predicted octanol–water partition coefficient (Wildman–Crippen LogP) is 1.54. The van der Waals surface area contributed by atoms with E-state index in [0.717, 1.165) is 24.7 Å². The van der Waals surface area contributed by atoms with Crippen molar-refractivity contribution in [1.82, 2.24) is 15.1 Å². The summed E-state index contributed by atoms with van der Waals surface area (Å²) in [5, 5.41) is 3.62. The summed E-state index contributed by atoms with van der Waals surface area (Å²) in [5.74, 6) is 0. The van der Waals surface area contributed by atoms with E-state index in [4.69, 9.17) is 0 Å². The second-order valence-electron chi connectivity index (χ2n) is 5.90. The van der Waals surface area contributed by atoms with Gasteiger partial charge in [-0.1, -0.05) is 6.92 Å². The molecule has 0 bridgehead atoms. The first-order chi connectivity index (χ1) is 8.20. The molecule has 0 aliphatic carbocycles. The number of piperidine rings is 2. The first kappa shape index (κ1) is 13.3. The Morgan fingerprint density at radius 3 is 2.76 bits per heavy atom. The van der Waals surface area contributed by atoms with Crippen molar-refractivity contribution in [3.8, 4) is 0 Å². The van der Waals surface area contributed by atoms with Crippen LogP contribution in [0.3, 0.4) is 0 Å². The van der Waals surface area contributed by atoms with Gasteiger partial charge < -0.3 is 10.2 Å². The van der Waals surface area contributed by atoms with E-state index >= 15 is 0 Å². The second kappa shape index (κ2) is 6.17. The monoisotopic (exact) mass is 239 g/mol. The molecule has 0 radical (unpaired) electrons. The van der Waals surface area contributed by atoms with Gasteiger partial charge in [0.05, 0.1) is 0 Å². The second-order valence-corrected chi connectivity index (χ2v) is 5.90. The van der Waals surface area contributed by atoms with Gasteiger partial charge in [0, 0.05) is 24.7 Å². The molecule has 3 heteroatoms. The molecule has 2 aliphatic heterocycles. The molecule has 2 fully saturated rings. The fourth-order valence-electron chi connectivity index (χ4n) is 3.39. The third kappa shape index (κ3) is 3.43. The van der Waals surface area contributed by atoms with Crippen LogP contribution >= 0.6 is 0 Å². The van der Waals surface area contributed by atoms with Gasteiger partial charge in [0.1, 0.15) is 0 Å². The molecule has 1 N–H and O–H groups in total. The number of nitrogens with zero attached hydrogens (tertiary/aromatic N) is 2. The lowest BCUT2D eigenvalue weighted by Crippen LogP contribution is -2.53. The highest BCUT2D eigenvalue weighted by Gasteiger charge is 2.30. The normalized spacial score (nSPS) is 37.2. The molecule has 2 saturated heterocycles. The van der Waals surface area contributed by atoms with Crippen LogP contribution in [0.15, 0.2) is 0 Å². The van der Waals surface area contributed by atoms with E-state index in [1.807, 2.05) is 0 Å². The van der Waals surface area contributed by atoms with Gasteiger partial charge in [-0.15, -0.1) is 0 Å². The average molecular weight is 239 g/mol. The zero-order chi connectivity index (χ0) is 12.3. The molecule has 2 aliphatic rings. The third-order valence-electron chi connectivity index (χ3n) is 4.64. The van der Waals surface area contributed by atoms with Crippen molar-refractivity contribution < 1.29 is 0 Å². The SMILES string of the molecule is CCNC1CCCN(C2CCN(C)C(C)C2)C1. The Balaban J connectivity index is 1.84. The predicted molar refractivity (Wildman–Crippen MR) is 73.4 cm³/mol. The van der Waals surface area contributed by atoms with Gasteiger partial charge in [0.25, 0.3) is 0 Å². The first-order valence-corrected chi connectivity index (χ1v) is 7.38. The molecule has 0 amide bonds. The third-order valence-corrected chi connectivity index (χ3v) is 4.64. The van der Waals surface area contributed by atoms with Crippen LogP contribution in [0.2, 0.25) is 0 Å². The van der Waals surface area contributed by atoms with Gasteiger partial charge >= 0.3 is 0 Å². The Bertz CT molecular complexity index is 230. The summed E-state index contributed by atoms with van der Waals surface area (Å²) >= 11 is 0. The highest BCUT2D eigenvalue weighted by molar-refractivity contribution is 4.87. The fourth-order valence-corrected chi connectivity index (χ4v) is 3.39. The maximum absolute atomic E-state index is 3.62. The van der Waals surface area contributed by atoms with E-state index in [1.165, 1.54) is 45.3 Å². The average Bonchev–Trinajstić information content (AvgIpc) is 2.33. The van der Waals surface area contributed by atoms with Crippen molar-refractivity contribution in [3.63, 3.8) is 0 Å². The molecular weight excluding hydrogens is 210 g/mol. The van der Waals surface area contributed by atoms with Gasteiger partial charge in [0.2, 0.25) is 0 Å². The van der Waals surface area contributed by atoms with Crippen molar-refractivity contribution in [2.75, 3.05) is 33.2 Å². The fraction of sp³-hybridized carbons (Fsp3) is 1.00. The van der Waals surface area contributed by atoms with Gasteiger partial charge in [0.15, 0.2) is 0 Å². The number of likely N-dealkylation sites (tertiary alicyclic amines) is 2. The topological polar surface area (TPSA) is 18.5 Å². The Morgan fingerprint density at radius 2 is 2.06 bits per heavy atom. The minimum atomic E-state index is 0.740. The molecule has 3 nitrogen and oxygen atoms in total. The van der Waals surface area contributed by atoms with Crippen LogP contribution in [0.1, 0.15) is 39.5 Å². The van der Waals surface area contributed by atoms with Crippen molar-refractivity contribution in [3.05, 3.63) is 0 Å². The van der Waals surface area contributed by atoms with Gasteiger partial charge in [-0.3, -0.25) is 4.90 Å². The summed E-state index contributed by atoms with van der Waals surface area (Å²) in [5.41, 5.74) is 0. The largest absolute Gasteiger partial charge is 0.313 e. The maximum Gasteiger partial charge on any atom is 0.0195 e. The lowest BCUT2D eigenvalue weighted by molar-refractivity contribution is 0.0646. The molecule has 17 heavy (non-hydrogen) atoms. The maximum atomic E-state index is 3.62. The van der Waals surface area contributed by atoms with E-state index < -0.39 is 0 Å². The molecule has 2 rings (SSSR count). The summed E-state index contributed by atoms with van der Waals surface area (Å²) in [4.78, 5) is 5.25. The Kier molecular flexibility index (Phi) is 4.83. The quantitative estimate of drug-likeness (QED) is 0.806. The molecule has 3 atom stereocenters. The molecule has 2 heterocycles. The van der Waals surface area contributed by atoms with Gasteiger partial charge in [-0.25, -0.2) is 0 Å². The van der Waals surface area contributed by atoms with E-state index in [1.54, 1.807) is 0 Å². The molecule has 3 unspecified atom stereocenters. The molecule has 0 aromatic rings. The standard InChI is InChI=1S/C14H29N3/c1-4-15-13-6-5-8-17(11-13)14-7-9-16(3)12(2)10-14/h12-15H,4-11H2,1-3H3. The summed E-state index contributed by atoms with van der Waals surface area (Å²) < 4.78 is 0. The molecule has 0 spiro atoms. The summed E-state index contributed by atoms with van der Waals surface area (Å²) in [7, 11) is 2.26. The molecular formula is C14H29N3. The van der Waals surface area contributed by atoms with Crippen LogP contribution in [0.5, 0.6) is 0 Å². The van der Waals surface area contributed by atoms with Gasteiger partial charge in [-0.05, 0) is 59.3 Å². The minimum absolute atomic E-state index is 0.740. The summed E-state index contributed by atoms with van der Waals surface area (Å²) in [6.45, 7) is 9.57. The molecule has 0 saturated carbocycles. The highest BCUT2D eigenvalue weighted by Crippen LogP contribution is 2.23. The van der Waals surface area contributed by atoms with Crippen LogP contribution in [-0.4, -0.2) is 61.2 Å². The molecule has 0 aromatic carbocycles. The number of likely N-dealkylation sites (N-methyl/N-ethyl adjacent to an activating group) is 1. The van der Waals surface area contributed by atoms with E-state index in [9.17, 15) is 0 Å². The molecule has 100 valence electrons. The van der Waals surface area contributed by atoms with Crippen molar-refractivity contribution in [2.45, 2.75) is 57.7 Å². The zero-order valence-corrected chi connectivity index (χ0v) is 11.8. The van der Waals surface area contributed by atoms with Crippen LogP contribution in [-0.2, 0) is 0 Å². The number of hydrogen-bond acceptors (Lipinski definition) is 3. The van der Waals surface area contributed by atoms with E-state index in [-0.39, 0.29) is 0 Å². The van der Waals surface area contributed by atoms with Crippen LogP contribution in [0.4, 0.5) is 0 Å². The van der Waals surface area contributed by atoms with Crippen LogP contribution in [0, 0.1) is 0 Å². The Labute approximate surface area is 107 Å². The van der Waals surface area contributed by atoms with Crippen molar-refractivity contribution in [2.24, 2.45) is 0 Å². The summed E-state index contributed by atoms with van der Waals surface area (Å²) in [6, 6.07) is 2.33. The lowest BCUT2D eigenvalue weighted by Gasteiger charge is -2.44. The lowest BCUT2D eigenvalue weighted by atomic mass is 9.94. The highest BCUT2D eigenvalue weighted by atomic mass is 15.2. The van der Waals surface area contributed by atoms with Gasteiger partial charge in [-0.2, -0.15) is 0 Å². The Hall–Kier alpha value is -0.120.